The Morgan fingerprint density at radius 3 is 1.83 bits per heavy atom. The molecule has 0 radical (unpaired) electrons. The third-order valence-electron chi connectivity index (χ3n) is 1.36. The molecule has 0 amide bonds. The summed E-state index contributed by atoms with van der Waals surface area (Å²) < 4.78 is 30.5. The van der Waals surface area contributed by atoms with E-state index in [0.29, 0.717) is 0 Å². The van der Waals surface area contributed by atoms with Gasteiger partial charge in [-0.05, 0) is 5.41 Å². The summed E-state index contributed by atoms with van der Waals surface area (Å²) in [6.45, 7) is 5.01. The summed E-state index contributed by atoms with van der Waals surface area (Å²) in [6, 6.07) is 0. The number of aliphatic hydroxyl groups is 1. The van der Waals surface area contributed by atoms with Crippen LogP contribution < -0.4 is 29.6 Å². The van der Waals surface area contributed by atoms with Crippen molar-refractivity contribution in [1.29, 1.82) is 0 Å². The minimum absolute atomic E-state index is 0. The Hall–Kier alpha value is 0.870. The first-order valence-electron chi connectivity index (χ1n) is 3.24. The van der Waals surface area contributed by atoms with Gasteiger partial charge in [0.15, 0.2) is 0 Å². The Labute approximate surface area is 95.4 Å². The van der Waals surface area contributed by atoms with Gasteiger partial charge in [0, 0.05) is 0 Å². The molecule has 0 aliphatic carbocycles. The van der Waals surface area contributed by atoms with Gasteiger partial charge in [-0.3, -0.25) is 0 Å². The molecular formula is C6H13NaO4S. The number of hydrogen-bond acceptors (Lipinski definition) is 4. The van der Waals surface area contributed by atoms with E-state index in [-0.39, 0.29) is 29.6 Å². The van der Waals surface area contributed by atoms with Crippen LogP contribution in [0.25, 0.3) is 0 Å². The fourth-order valence-electron chi connectivity index (χ4n) is 0.443. The molecule has 12 heavy (non-hydrogen) atoms. The summed E-state index contributed by atoms with van der Waals surface area (Å²) in [5.74, 6) is -0.712. The molecule has 0 saturated carbocycles. The monoisotopic (exact) mass is 204 g/mol. The van der Waals surface area contributed by atoms with Gasteiger partial charge < -0.3 is 9.66 Å². The molecule has 0 aliphatic heterocycles. The van der Waals surface area contributed by atoms with Gasteiger partial charge >= 0.3 is 29.6 Å². The fourth-order valence-corrected chi connectivity index (χ4v) is 1.33. The molecule has 0 heterocycles. The molecule has 0 rings (SSSR count). The quantitative estimate of drug-likeness (QED) is 0.383. The van der Waals surface area contributed by atoms with Crippen LogP contribution in [0, 0.1) is 5.41 Å². The molecule has 4 nitrogen and oxygen atoms in total. The van der Waals surface area contributed by atoms with Crippen LogP contribution >= 0.6 is 0 Å². The van der Waals surface area contributed by atoms with E-state index in [1.165, 1.54) is 0 Å². The van der Waals surface area contributed by atoms with Gasteiger partial charge in [-0.1, -0.05) is 20.8 Å². The van der Waals surface area contributed by atoms with Crippen molar-refractivity contribution in [3.63, 3.8) is 0 Å². The zero-order valence-corrected chi connectivity index (χ0v) is 10.7. The first-order valence-corrected chi connectivity index (χ1v) is 4.82. The molecule has 0 saturated heterocycles. The number of hydrogen-bond donors (Lipinski definition) is 1. The van der Waals surface area contributed by atoms with Gasteiger partial charge in [0.1, 0.15) is 0 Å². The van der Waals surface area contributed by atoms with Crippen LogP contribution in [0.3, 0.4) is 0 Å². The number of rotatable bonds is 2. The molecule has 0 aromatic rings. The van der Waals surface area contributed by atoms with E-state index < -0.39 is 27.4 Å². The maximum Gasteiger partial charge on any atom is 1.00 e. The minimum atomic E-state index is -4.31. The summed E-state index contributed by atoms with van der Waals surface area (Å²) in [5.41, 5.74) is -0.558. The predicted molar refractivity (Wildman–Crippen MR) is 40.0 cm³/mol. The molecule has 0 aromatic carbocycles. The van der Waals surface area contributed by atoms with Gasteiger partial charge in [-0.15, -0.1) is 0 Å². The van der Waals surface area contributed by atoms with Gasteiger partial charge in [0.25, 0.3) is 0 Å². The largest absolute Gasteiger partial charge is 1.00 e. The van der Waals surface area contributed by atoms with Crippen molar-refractivity contribution < 1.29 is 47.6 Å². The molecule has 0 spiro atoms. The summed E-state index contributed by atoms with van der Waals surface area (Å²) in [6.07, 6.45) is -1.09. The predicted octanol–water partition coefficient (Wildman–Crippen LogP) is -3.06. The maximum atomic E-state index is 10.2. The topological polar surface area (TPSA) is 77.4 Å². The normalized spacial score (nSPS) is 15.1. The molecule has 68 valence electrons. The Balaban J connectivity index is 0. The van der Waals surface area contributed by atoms with Gasteiger partial charge in [-0.2, -0.15) is 0 Å². The third kappa shape index (κ3) is 7.52. The molecule has 0 aromatic heterocycles. The average Bonchev–Trinajstić information content (AvgIpc) is 1.56. The van der Waals surface area contributed by atoms with Crippen LogP contribution in [0.15, 0.2) is 0 Å². The summed E-state index contributed by atoms with van der Waals surface area (Å²) in [5, 5.41) is 9.14. The average molecular weight is 204 g/mol. The van der Waals surface area contributed by atoms with Crippen molar-refractivity contribution in [2.45, 2.75) is 26.9 Å². The molecule has 1 unspecified atom stereocenters. The van der Waals surface area contributed by atoms with E-state index in [1.807, 2.05) is 0 Å². The minimum Gasteiger partial charge on any atom is -0.748 e. The van der Waals surface area contributed by atoms with Crippen molar-refractivity contribution in [2.75, 3.05) is 5.75 Å². The maximum absolute atomic E-state index is 10.2. The Bertz CT molecular complexity index is 216. The second-order valence-electron chi connectivity index (χ2n) is 3.61. The zero-order chi connectivity index (χ0) is 9.28. The van der Waals surface area contributed by atoms with Gasteiger partial charge in [0.05, 0.1) is 22.0 Å². The van der Waals surface area contributed by atoms with Crippen LogP contribution in [-0.2, 0) is 10.1 Å². The van der Waals surface area contributed by atoms with Crippen molar-refractivity contribution in [3.05, 3.63) is 0 Å². The van der Waals surface area contributed by atoms with Crippen LogP contribution in [0.5, 0.6) is 0 Å². The molecular weight excluding hydrogens is 191 g/mol. The summed E-state index contributed by atoms with van der Waals surface area (Å²) >= 11 is 0. The van der Waals surface area contributed by atoms with Crippen LogP contribution in [0.2, 0.25) is 0 Å². The van der Waals surface area contributed by atoms with E-state index >= 15 is 0 Å². The van der Waals surface area contributed by atoms with Gasteiger partial charge in [0.2, 0.25) is 0 Å². The summed E-state index contributed by atoms with van der Waals surface area (Å²) in [7, 11) is -4.31. The van der Waals surface area contributed by atoms with E-state index in [9.17, 15) is 13.0 Å². The Morgan fingerprint density at radius 1 is 1.42 bits per heavy atom. The van der Waals surface area contributed by atoms with Crippen LogP contribution in [0.4, 0.5) is 0 Å². The first-order chi connectivity index (χ1) is 4.63. The second kappa shape index (κ2) is 4.93. The molecule has 6 heteroatoms. The SMILES string of the molecule is CC(C)(C)C(O)CS(=O)(=O)[O-].[Na+]. The van der Waals surface area contributed by atoms with E-state index in [1.54, 1.807) is 20.8 Å². The molecule has 1 N–H and O–H groups in total. The van der Waals surface area contributed by atoms with E-state index in [2.05, 4.69) is 0 Å². The molecule has 0 aliphatic rings. The molecule has 0 fully saturated rings. The fraction of sp³-hybridized carbons (Fsp3) is 1.00. The number of aliphatic hydroxyl groups excluding tert-OH is 1. The standard InChI is InChI=1S/C6H14O4S.Na/c1-6(2,3)5(7)4-11(8,9)10;/h5,7H,4H2,1-3H3,(H,8,9,10);/q;+1/p-1. The first kappa shape index (κ1) is 15.3. The van der Waals surface area contributed by atoms with Crippen molar-refractivity contribution >= 4 is 10.1 Å². The second-order valence-corrected chi connectivity index (χ2v) is 5.05. The van der Waals surface area contributed by atoms with Crippen LogP contribution in [-0.4, -0.2) is 29.9 Å². The molecule has 1 atom stereocenters. The zero-order valence-electron chi connectivity index (χ0n) is 7.86. The summed E-state index contributed by atoms with van der Waals surface area (Å²) in [4.78, 5) is 0. The Kier molecular flexibility index (Phi) is 6.30. The van der Waals surface area contributed by atoms with Crippen molar-refractivity contribution in [3.8, 4) is 0 Å². The van der Waals surface area contributed by atoms with E-state index in [0.717, 1.165) is 0 Å². The van der Waals surface area contributed by atoms with Crippen LogP contribution in [0.1, 0.15) is 20.8 Å². The third-order valence-corrected chi connectivity index (χ3v) is 2.09. The van der Waals surface area contributed by atoms with Gasteiger partial charge in [-0.25, -0.2) is 8.42 Å². The molecule has 0 bridgehead atoms. The van der Waals surface area contributed by atoms with Crippen molar-refractivity contribution in [2.24, 2.45) is 5.41 Å². The van der Waals surface area contributed by atoms with E-state index in [4.69, 9.17) is 5.11 Å². The van der Waals surface area contributed by atoms with Crippen molar-refractivity contribution in [1.82, 2.24) is 0 Å². The smallest absolute Gasteiger partial charge is 0.748 e. The Morgan fingerprint density at radius 2 is 1.75 bits per heavy atom.